The van der Waals surface area contributed by atoms with Crippen molar-refractivity contribution in [3.05, 3.63) is 21.0 Å². The van der Waals surface area contributed by atoms with Gasteiger partial charge in [0.15, 0.2) is 0 Å². The predicted octanol–water partition coefficient (Wildman–Crippen LogP) is 0.677. The lowest BCUT2D eigenvalue weighted by molar-refractivity contribution is -0.127. The molecule has 0 fully saturated rings. The van der Waals surface area contributed by atoms with Gasteiger partial charge >= 0.3 is 11.4 Å². The van der Waals surface area contributed by atoms with Crippen molar-refractivity contribution >= 4 is 5.78 Å². The van der Waals surface area contributed by atoms with Crippen LogP contribution in [0.2, 0.25) is 0 Å². The molecule has 1 aromatic heterocycles. The summed E-state index contributed by atoms with van der Waals surface area (Å²) in [5.74, 6) is 0.0940. The lowest BCUT2D eigenvalue weighted by Crippen LogP contribution is -2.29. The molecule has 0 aliphatic rings. The molecule has 0 bridgehead atoms. The molecular weight excluding hydrogens is 274 g/mol. The van der Waals surface area contributed by atoms with Crippen LogP contribution in [0.25, 0.3) is 0 Å². The van der Waals surface area contributed by atoms with Gasteiger partial charge in [0, 0.05) is 32.6 Å². The first kappa shape index (κ1) is 17.4. The molecule has 0 aliphatic heterocycles. The zero-order valence-corrected chi connectivity index (χ0v) is 13.3. The van der Waals surface area contributed by atoms with Gasteiger partial charge in [0.2, 0.25) is 0 Å². The topological polar surface area (TPSA) is 86.1 Å². The largest absolute Gasteiger partial charge is 0.385 e. The number of nitrogens with zero attached hydrogens (tertiary/aromatic N) is 2. The Hall–Kier alpha value is -1.63. The van der Waals surface area contributed by atoms with Crippen molar-refractivity contribution in [3.8, 4) is 0 Å². The number of aromatic nitrogens is 3. The van der Waals surface area contributed by atoms with Crippen LogP contribution >= 0.6 is 0 Å². The average Bonchev–Trinajstić information content (AvgIpc) is 2.68. The van der Waals surface area contributed by atoms with E-state index in [-0.39, 0.29) is 18.7 Å². The van der Waals surface area contributed by atoms with Crippen LogP contribution in [0.1, 0.15) is 39.5 Å². The highest BCUT2D eigenvalue weighted by atomic mass is 16.5. The van der Waals surface area contributed by atoms with Crippen molar-refractivity contribution in [2.45, 2.75) is 46.1 Å². The number of aryl methyl sites for hydroxylation is 1. The van der Waals surface area contributed by atoms with Gasteiger partial charge in [-0.05, 0) is 12.8 Å². The van der Waals surface area contributed by atoms with Crippen LogP contribution < -0.4 is 11.4 Å². The number of ether oxygens (including phenoxy) is 1. The second kappa shape index (κ2) is 7.40. The monoisotopic (exact) mass is 299 g/mol. The Balaban J connectivity index is 2.53. The van der Waals surface area contributed by atoms with Crippen molar-refractivity contribution in [3.63, 3.8) is 0 Å². The minimum absolute atomic E-state index is 0.0940. The van der Waals surface area contributed by atoms with Gasteiger partial charge in [-0.1, -0.05) is 20.3 Å². The third-order valence-corrected chi connectivity index (χ3v) is 3.77. The van der Waals surface area contributed by atoms with Crippen molar-refractivity contribution in [2.75, 3.05) is 13.7 Å². The Bertz CT molecular complexity index is 580. The second-order valence-corrected chi connectivity index (χ2v) is 5.92. The summed E-state index contributed by atoms with van der Waals surface area (Å²) in [6, 6.07) is 0. The van der Waals surface area contributed by atoms with E-state index in [9.17, 15) is 14.4 Å². The minimum Gasteiger partial charge on any atom is -0.385 e. The summed E-state index contributed by atoms with van der Waals surface area (Å²) in [4.78, 5) is 35.2. The van der Waals surface area contributed by atoms with Crippen LogP contribution in [-0.2, 0) is 23.1 Å². The van der Waals surface area contributed by atoms with Gasteiger partial charge in [0.1, 0.15) is 5.78 Å². The number of Topliss-reactive ketones (excluding diaryl/α,β-unsaturated/α-hetero) is 1. The zero-order chi connectivity index (χ0) is 16.0. The quantitative estimate of drug-likeness (QED) is 0.679. The Labute approximate surface area is 123 Å². The highest BCUT2D eigenvalue weighted by Crippen LogP contribution is 2.26. The fourth-order valence-electron chi connectivity index (χ4n) is 2.16. The SMILES string of the molecule is COCCCCC(C)(C)C(=O)CCn1[nH]c(=O)n(C)c1=O. The molecule has 0 aromatic carbocycles. The Kier molecular flexibility index (Phi) is 6.14. The lowest BCUT2D eigenvalue weighted by Gasteiger charge is -2.23. The van der Waals surface area contributed by atoms with E-state index in [1.54, 1.807) is 7.11 Å². The van der Waals surface area contributed by atoms with E-state index < -0.39 is 16.8 Å². The number of carbonyl (C=O) groups excluding carboxylic acids is 1. The van der Waals surface area contributed by atoms with Crippen LogP contribution in [-0.4, -0.2) is 33.8 Å². The zero-order valence-electron chi connectivity index (χ0n) is 13.3. The maximum atomic E-state index is 12.3. The maximum Gasteiger partial charge on any atom is 0.346 e. The molecule has 0 spiro atoms. The molecule has 0 radical (unpaired) electrons. The molecule has 0 amide bonds. The minimum atomic E-state index is -0.466. The molecule has 120 valence electrons. The number of rotatable bonds is 9. The van der Waals surface area contributed by atoms with Crippen molar-refractivity contribution in [1.29, 1.82) is 0 Å². The van der Waals surface area contributed by atoms with Crippen LogP contribution in [0.5, 0.6) is 0 Å². The second-order valence-electron chi connectivity index (χ2n) is 5.92. The molecule has 0 saturated heterocycles. The van der Waals surface area contributed by atoms with Gasteiger partial charge in [-0.3, -0.25) is 4.79 Å². The van der Waals surface area contributed by atoms with Gasteiger partial charge in [-0.15, -0.1) is 0 Å². The molecule has 21 heavy (non-hydrogen) atoms. The molecule has 7 nitrogen and oxygen atoms in total. The van der Waals surface area contributed by atoms with Crippen molar-refractivity contribution in [1.82, 2.24) is 14.3 Å². The van der Waals surface area contributed by atoms with E-state index in [0.29, 0.717) is 6.61 Å². The van der Waals surface area contributed by atoms with Gasteiger partial charge in [0.25, 0.3) is 0 Å². The summed E-state index contributed by atoms with van der Waals surface area (Å²) in [5.41, 5.74) is -1.32. The summed E-state index contributed by atoms with van der Waals surface area (Å²) in [5, 5.41) is 2.42. The van der Waals surface area contributed by atoms with Gasteiger partial charge in [-0.2, -0.15) is 0 Å². The predicted molar refractivity (Wildman–Crippen MR) is 79.4 cm³/mol. The number of aromatic amines is 1. The van der Waals surface area contributed by atoms with Crippen LogP contribution in [0.15, 0.2) is 9.59 Å². The summed E-state index contributed by atoms with van der Waals surface area (Å²) in [7, 11) is 3.06. The highest BCUT2D eigenvalue weighted by Gasteiger charge is 2.26. The van der Waals surface area contributed by atoms with Crippen LogP contribution in [0, 0.1) is 5.41 Å². The summed E-state index contributed by atoms with van der Waals surface area (Å²) in [6.45, 7) is 4.73. The third-order valence-electron chi connectivity index (χ3n) is 3.77. The van der Waals surface area contributed by atoms with E-state index in [1.807, 2.05) is 13.8 Å². The molecule has 1 heterocycles. The van der Waals surface area contributed by atoms with Crippen molar-refractivity contribution in [2.24, 2.45) is 12.5 Å². The van der Waals surface area contributed by atoms with E-state index >= 15 is 0 Å². The molecular formula is C14H25N3O4. The maximum absolute atomic E-state index is 12.3. The number of hydrogen-bond acceptors (Lipinski definition) is 4. The molecule has 0 unspecified atom stereocenters. The number of methoxy groups -OCH3 is 1. The number of unbranched alkanes of at least 4 members (excludes halogenated alkanes) is 1. The lowest BCUT2D eigenvalue weighted by atomic mass is 9.81. The Morgan fingerprint density at radius 2 is 1.95 bits per heavy atom. The smallest absolute Gasteiger partial charge is 0.346 e. The highest BCUT2D eigenvalue weighted by molar-refractivity contribution is 5.83. The molecule has 7 heteroatoms. The first-order valence-electron chi connectivity index (χ1n) is 7.17. The van der Waals surface area contributed by atoms with E-state index in [4.69, 9.17) is 4.74 Å². The first-order chi connectivity index (χ1) is 9.79. The summed E-state index contributed by atoms with van der Waals surface area (Å²) >= 11 is 0. The van der Waals surface area contributed by atoms with Gasteiger partial charge in [0.05, 0.1) is 6.54 Å². The Morgan fingerprint density at radius 3 is 2.48 bits per heavy atom. The summed E-state index contributed by atoms with van der Waals surface area (Å²) < 4.78 is 7.16. The molecule has 1 aromatic rings. The summed E-state index contributed by atoms with van der Waals surface area (Å²) in [6.07, 6.45) is 2.87. The van der Waals surface area contributed by atoms with Gasteiger partial charge < -0.3 is 4.74 Å². The van der Waals surface area contributed by atoms with E-state index in [2.05, 4.69) is 5.10 Å². The number of hydrogen-bond donors (Lipinski definition) is 1. The normalized spacial score (nSPS) is 11.8. The molecule has 0 atom stereocenters. The van der Waals surface area contributed by atoms with Crippen LogP contribution in [0.4, 0.5) is 0 Å². The Morgan fingerprint density at radius 1 is 1.29 bits per heavy atom. The molecule has 0 saturated carbocycles. The number of nitrogens with one attached hydrogen (secondary N) is 1. The van der Waals surface area contributed by atoms with Crippen LogP contribution in [0.3, 0.4) is 0 Å². The molecule has 0 aliphatic carbocycles. The van der Waals surface area contributed by atoms with E-state index in [0.717, 1.165) is 23.8 Å². The standard InChI is InChI=1S/C14H25N3O4/c1-14(2,8-5-6-10-21-4)11(18)7-9-17-13(20)16(3)12(19)15-17/h5-10H2,1-4H3,(H,15,19). The fraction of sp³-hybridized carbons (Fsp3) is 0.786. The molecule has 1 rings (SSSR count). The number of ketones is 1. The van der Waals surface area contributed by atoms with Crippen molar-refractivity contribution < 1.29 is 9.53 Å². The third kappa shape index (κ3) is 4.70. The molecule has 1 N–H and O–H groups in total. The van der Waals surface area contributed by atoms with E-state index in [1.165, 1.54) is 11.7 Å². The number of H-pyrrole nitrogens is 1. The first-order valence-corrected chi connectivity index (χ1v) is 7.17. The van der Waals surface area contributed by atoms with Gasteiger partial charge in [-0.25, -0.2) is 23.9 Å². The number of carbonyl (C=O) groups is 1. The average molecular weight is 299 g/mol. The fourth-order valence-corrected chi connectivity index (χ4v) is 2.16.